The number of nitrogens with zero attached hydrogens (tertiary/aromatic N) is 1. The van der Waals surface area contributed by atoms with Gasteiger partial charge in [0.25, 0.3) is 5.91 Å². The fraction of sp³-hybridized carbons (Fsp3) is 0.579. The molecule has 1 saturated heterocycles. The maximum Gasteiger partial charge on any atom is 0.309 e. The van der Waals surface area contributed by atoms with Gasteiger partial charge < -0.3 is 14.8 Å². The highest BCUT2D eigenvalue weighted by atomic mass is 35.5. The Hall–Kier alpha value is -1.68. The molecule has 3 rings (SSSR count). The Kier molecular flexibility index (Phi) is 7.50. The molecule has 0 radical (unpaired) electrons. The fourth-order valence-corrected chi connectivity index (χ4v) is 5.08. The summed E-state index contributed by atoms with van der Waals surface area (Å²) in [4.78, 5) is 24.3. The van der Waals surface area contributed by atoms with E-state index in [0.29, 0.717) is 13.2 Å². The molecule has 0 bridgehead atoms. The minimum absolute atomic E-state index is 0.0262. The smallest absolute Gasteiger partial charge is 0.309 e. The summed E-state index contributed by atoms with van der Waals surface area (Å²) in [6.07, 6.45) is 4.67. The molecule has 2 aliphatic rings. The molecule has 2 fully saturated rings. The molecule has 10 heteroatoms. The number of benzene rings is 1. The monoisotopic (exact) mass is 444 g/mol. The number of carbonyl (C=O) groups is 2. The van der Waals surface area contributed by atoms with Crippen LogP contribution >= 0.6 is 11.6 Å². The number of halogens is 1. The minimum atomic E-state index is -3.72. The van der Waals surface area contributed by atoms with Crippen molar-refractivity contribution in [2.45, 2.75) is 37.0 Å². The van der Waals surface area contributed by atoms with E-state index in [0.717, 1.165) is 32.1 Å². The Labute approximate surface area is 175 Å². The van der Waals surface area contributed by atoms with Crippen molar-refractivity contribution in [2.75, 3.05) is 38.2 Å². The van der Waals surface area contributed by atoms with Crippen molar-refractivity contribution in [2.24, 2.45) is 5.92 Å². The van der Waals surface area contributed by atoms with Crippen molar-refractivity contribution < 1.29 is 27.5 Å². The summed E-state index contributed by atoms with van der Waals surface area (Å²) in [6, 6.07) is 4.12. The lowest BCUT2D eigenvalue weighted by molar-refractivity contribution is -0.152. The summed E-state index contributed by atoms with van der Waals surface area (Å²) in [5.74, 6) is -1.09. The van der Waals surface area contributed by atoms with Crippen LogP contribution in [0.5, 0.6) is 0 Å². The van der Waals surface area contributed by atoms with Crippen LogP contribution in [0, 0.1) is 5.92 Å². The lowest BCUT2D eigenvalue weighted by Gasteiger charge is -2.26. The summed E-state index contributed by atoms with van der Waals surface area (Å²) in [7, 11) is -3.72. The van der Waals surface area contributed by atoms with E-state index in [1.165, 1.54) is 22.5 Å². The summed E-state index contributed by atoms with van der Waals surface area (Å²) in [5, 5.41) is 2.72. The minimum Gasteiger partial charge on any atom is -0.455 e. The Bertz CT molecular complexity index is 848. The Balaban J connectivity index is 1.62. The number of rotatable bonds is 6. The van der Waals surface area contributed by atoms with Gasteiger partial charge in [-0.3, -0.25) is 9.59 Å². The van der Waals surface area contributed by atoms with Crippen LogP contribution in [0.25, 0.3) is 0 Å². The van der Waals surface area contributed by atoms with Gasteiger partial charge in [-0.25, -0.2) is 8.42 Å². The van der Waals surface area contributed by atoms with Crippen molar-refractivity contribution in [3.8, 4) is 0 Å². The summed E-state index contributed by atoms with van der Waals surface area (Å²) >= 11 is 6.11. The molecule has 0 aromatic heterocycles. The first-order chi connectivity index (χ1) is 13.9. The second kappa shape index (κ2) is 9.88. The molecule has 1 aliphatic carbocycles. The standard InChI is InChI=1S/C19H25ClN2O6S/c20-16-7-6-15(29(25,26)22-8-10-27-11-9-22)12-17(16)21-18(23)13-28-19(24)14-4-2-1-3-5-14/h6-7,12,14H,1-5,8-11,13H2,(H,21,23). The highest BCUT2D eigenvalue weighted by Gasteiger charge is 2.27. The number of anilines is 1. The molecule has 0 unspecified atom stereocenters. The molecule has 0 spiro atoms. The zero-order chi connectivity index (χ0) is 20.9. The number of ether oxygens (including phenoxy) is 2. The average Bonchev–Trinajstić information content (AvgIpc) is 2.74. The lowest BCUT2D eigenvalue weighted by atomic mass is 9.89. The largest absolute Gasteiger partial charge is 0.455 e. The van der Waals surface area contributed by atoms with E-state index in [1.807, 2.05) is 0 Å². The molecule has 1 heterocycles. The van der Waals surface area contributed by atoms with E-state index >= 15 is 0 Å². The zero-order valence-corrected chi connectivity index (χ0v) is 17.6. The van der Waals surface area contributed by atoms with E-state index in [4.69, 9.17) is 21.1 Å². The molecule has 1 N–H and O–H groups in total. The maximum atomic E-state index is 12.8. The Morgan fingerprint density at radius 1 is 1.17 bits per heavy atom. The van der Waals surface area contributed by atoms with Gasteiger partial charge in [-0.15, -0.1) is 0 Å². The van der Waals surface area contributed by atoms with Gasteiger partial charge >= 0.3 is 5.97 Å². The van der Waals surface area contributed by atoms with Crippen LogP contribution < -0.4 is 5.32 Å². The van der Waals surface area contributed by atoms with E-state index in [-0.39, 0.29) is 40.6 Å². The first-order valence-corrected chi connectivity index (χ1v) is 11.5. The number of sulfonamides is 1. The molecular formula is C19H25ClN2O6S. The van der Waals surface area contributed by atoms with Crippen LogP contribution in [0.2, 0.25) is 5.02 Å². The van der Waals surface area contributed by atoms with Crippen LogP contribution in [-0.2, 0) is 29.1 Å². The second-order valence-corrected chi connectivity index (χ2v) is 9.49. The van der Waals surface area contributed by atoms with Crippen molar-refractivity contribution in [1.82, 2.24) is 4.31 Å². The Morgan fingerprint density at radius 2 is 1.86 bits per heavy atom. The van der Waals surface area contributed by atoms with Crippen LogP contribution in [0.3, 0.4) is 0 Å². The van der Waals surface area contributed by atoms with Gasteiger partial charge in [0.1, 0.15) is 0 Å². The highest BCUT2D eigenvalue weighted by molar-refractivity contribution is 7.89. The van der Waals surface area contributed by atoms with Gasteiger partial charge in [-0.05, 0) is 31.0 Å². The van der Waals surface area contributed by atoms with Gasteiger partial charge in [0.2, 0.25) is 10.0 Å². The van der Waals surface area contributed by atoms with Crippen molar-refractivity contribution >= 4 is 39.2 Å². The van der Waals surface area contributed by atoms with Gasteiger partial charge in [-0.1, -0.05) is 30.9 Å². The third-order valence-electron chi connectivity index (χ3n) is 5.10. The average molecular weight is 445 g/mol. The van der Waals surface area contributed by atoms with Crippen LogP contribution in [0.4, 0.5) is 5.69 Å². The van der Waals surface area contributed by atoms with E-state index < -0.39 is 22.5 Å². The third-order valence-corrected chi connectivity index (χ3v) is 7.33. The quantitative estimate of drug-likeness (QED) is 0.676. The van der Waals surface area contributed by atoms with Crippen molar-refractivity contribution in [3.63, 3.8) is 0 Å². The molecule has 160 valence electrons. The summed E-state index contributed by atoms with van der Waals surface area (Å²) < 4.78 is 37.2. The predicted molar refractivity (Wildman–Crippen MR) is 107 cm³/mol. The molecule has 1 aromatic carbocycles. The SMILES string of the molecule is O=C(COC(=O)C1CCCCC1)Nc1cc(S(=O)(=O)N2CCOCC2)ccc1Cl. The molecule has 1 aliphatic heterocycles. The zero-order valence-electron chi connectivity index (χ0n) is 16.1. The highest BCUT2D eigenvalue weighted by Crippen LogP contribution is 2.28. The number of esters is 1. The first kappa shape index (κ1) is 22.0. The van der Waals surface area contributed by atoms with Crippen molar-refractivity contribution in [1.29, 1.82) is 0 Å². The van der Waals surface area contributed by atoms with Crippen molar-refractivity contribution in [3.05, 3.63) is 23.2 Å². The van der Waals surface area contributed by atoms with Crippen LogP contribution in [0.1, 0.15) is 32.1 Å². The number of carbonyl (C=O) groups excluding carboxylic acids is 2. The molecule has 1 saturated carbocycles. The molecule has 1 amide bonds. The predicted octanol–water partition coefficient (Wildman–Crippen LogP) is 2.42. The van der Waals surface area contributed by atoms with Gasteiger partial charge in [-0.2, -0.15) is 4.31 Å². The number of hydrogen-bond acceptors (Lipinski definition) is 6. The molecule has 1 aromatic rings. The molecular weight excluding hydrogens is 420 g/mol. The van der Waals surface area contributed by atoms with Crippen LogP contribution in [0.15, 0.2) is 23.1 Å². The third kappa shape index (κ3) is 5.69. The van der Waals surface area contributed by atoms with E-state index in [2.05, 4.69) is 5.32 Å². The fourth-order valence-electron chi connectivity index (χ4n) is 3.48. The second-order valence-electron chi connectivity index (χ2n) is 7.15. The van der Waals surface area contributed by atoms with E-state index in [9.17, 15) is 18.0 Å². The van der Waals surface area contributed by atoms with Gasteiger partial charge in [0, 0.05) is 13.1 Å². The number of hydrogen-bond donors (Lipinski definition) is 1. The summed E-state index contributed by atoms with van der Waals surface area (Å²) in [6.45, 7) is 0.769. The Morgan fingerprint density at radius 3 is 2.55 bits per heavy atom. The molecule has 29 heavy (non-hydrogen) atoms. The number of amides is 1. The van der Waals surface area contributed by atoms with Crippen LogP contribution in [-0.4, -0.2) is 57.5 Å². The van der Waals surface area contributed by atoms with E-state index in [1.54, 1.807) is 0 Å². The molecule has 8 nitrogen and oxygen atoms in total. The summed E-state index contributed by atoms with van der Waals surface area (Å²) in [5.41, 5.74) is 0.153. The number of morpholine rings is 1. The van der Waals surface area contributed by atoms with Gasteiger partial charge in [0.05, 0.1) is 34.7 Å². The lowest BCUT2D eigenvalue weighted by Crippen LogP contribution is -2.40. The van der Waals surface area contributed by atoms with Gasteiger partial charge in [0.15, 0.2) is 6.61 Å². The number of nitrogens with one attached hydrogen (secondary N) is 1. The normalized spacial score (nSPS) is 18.9. The molecule has 0 atom stereocenters. The maximum absolute atomic E-state index is 12.8. The topological polar surface area (TPSA) is 102 Å². The first-order valence-electron chi connectivity index (χ1n) is 9.72.